The predicted octanol–water partition coefficient (Wildman–Crippen LogP) is 3.33. The molecule has 27 heavy (non-hydrogen) atoms. The molecule has 3 rings (SSSR count). The van der Waals surface area contributed by atoms with Gasteiger partial charge in [0.05, 0.1) is 5.69 Å². The third-order valence-corrected chi connectivity index (χ3v) is 4.17. The van der Waals surface area contributed by atoms with Gasteiger partial charge in [0.15, 0.2) is 5.75 Å². The number of amides is 2. The Morgan fingerprint density at radius 1 is 1.07 bits per heavy atom. The number of pyridine rings is 1. The Balaban J connectivity index is 1.54. The van der Waals surface area contributed by atoms with Crippen LogP contribution in [0, 0.1) is 0 Å². The van der Waals surface area contributed by atoms with Crippen LogP contribution in [0.2, 0.25) is 0 Å². The Bertz CT molecular complexity index is 763. The van der Waals surface area contributed by atoms with E-state index in [4.69, 9.17) is 0 Å². The van der Waals surface area contributed by atoms with E-state index in [0.29, 0.717) is 26.2 Å². The number of benzene rings is 1. The maximum absolute atomic E-state index is 12.5. The SMILES string of the molecule is O=C(Nc1ccccc1OC(F)(F)F)N1CCN(Cc2ccncc2)CC1. The van der Waals surface area contributed by atoms with Crippen molar-refractivity contribution in [2.24, 2.45) is 0 Å². The first-order valence-electron chi connectivity index (χ1n) is 8.43. The highest BCUT2D eigenvalue weighted by atomic mass is 19.4. The van der Waals surface area contributed by atoms with Crippen molar-refractivity contribution >= 4 is 11.7 Å². The molecule has 1 aliphatic heterocycles. The van der Waals surface area contributed by atoms with Crippen LogP contribution < -0.4 is 10.1 Å². The van der Waals surface area contributed by atoms with Crippen molar-refractivity contribution in [1.82, 2.24) is 14.8 Å². The van der Waals surface area contributed by atoms with Crippen molar-refractivity contribution in [2.45, 2.75) is 12.9 Å². The zero-order valence-electron chi connectivity index (χ0n) is 14.4. The zero-order chi connectivity index (χ0) is 19.3. The standard InChI is InChI=1S/C18H19F3N4O2/c19-18(20,21)27-16-4-2-1-3-15(16)23-17(26)25-11-9-24(10-12-25)13-14-5-7-22-8-6-14/h1-8H,9-13H2,(H,23,26). The summed E-state index contributed by atoms with van der Waals surface area (Å²) in [5.74, 6) is -0.435. The van der Waals surface area contributed by atoms with Crippen LogP contribution in [-0.2, 0) is 6.54 Å². The van der Waals surface area contributed by atoms with Crippen molar-refractivity contribution in [3.05, 3.63) is 54.4 Å². The van der Waals surface area contributed by atoms with Crippen LogP contribution >= 0.6 is 0 Å². The molecule has 0 aliphatic carbocycles. The molecule has 0 bridgehead atoms. The number of nitrogens with zero attached hydrogens (tertiary/aromatic N) is 3. The number of hydrogen-bond acceptors (Lipinski definition) is 4. The molecule has 1 aromatic heterocycles. The normalized spacial score (nSPS) is 15.4. The fourth-order valence-corrected chi connectivity index (χ4v) is 2.83. The van der Waals surface area contributed by atoms with Crippen molar-refractivity contribution < 1.29 is 22.7 Å². The molecule has 1 aliphatic rings. The van der Waals surface area contributed by atoms with Crippen molar-refractivity contribution in [3.63, 3.8) is 0 Å². The van der Waals surface area contributed by atoms with Crippen LogP contribution in [0.1, 0.15) is 5.56 Å². The van der Waals surface area contributed by atoms with Crippen molar-refractivity contribution in [2.75, 3.05) is 31.5 Å². The summed E-state index contributed by atoms with van der Waals surface area (Å²) in [5.41, 5.74) is 1.13. The Morgan fingerprint density at radius 3 is 2.41 bits per heavy atom. The second kappa shape index (κ2) is 8.26. The minimum atomic E-state index is -4.82. The van der Waals surface area contributed by atoms with Gasteiger partial charge in [-0.1, -0.05) is 12.1 Å². The summed E-state index contributed by atoms with van der Waals surface area (Å²) in [6.07, 6.45) is -1.35. The minimum absolute atomic E-state index is 0.0148. The highest BCUT2D eigenvalue weighted by molar-refractivity contribution is 5.91. The van der Waals surface area contributed by atoms with Gasteiger partial charge in [-0.15, -0.1) is 13.2 Å². The highest BCUT2D eigenvalue weighted by Gasteiger charge is 2.32. The average Bonchev–Trinajstić information content (AvgIpc) is 2.63. The molecule has 1 fully saturated rings. The first-order chi connectivity index (χ1) is 12.9. The zero-order valence-corrected chi connectivity index (χ0v) is 14.4. The number of aromatic nitrogens is 1. The van der Waals surface area contributed by atoms with E-state index < -0.39 is 18.1 Å². The van der Waals surface area contributed by atoms with Gasteiger partial charge in [0.2, 0.25) is 0 Å². The molecular formula is C18H19F3N4O2. The van der Waals surface area contributed by atoms with Gasteiger partial charge in [-0.05, 0) is 29.8 Å². The van der Waals surface area contributed by atoms with Crippen LogP contribution in [0.15, 0.2) is 48.8 Å². The van der Waals surface area contributed by atoms with Gasteiger partial charge in [-0.3, -0.25) is 9.88 Å². The average molecular weight is 380 g/mol. The predicted molar refractivity (Wildman–Crippen MR) is 93.2 cm³/mol. The number of hydrogen-bond donors (Lipinski definition) is 1. The topological polar surface area (TPSA) is 57.7 Å². The molecule has 0 atom stereocenters. The quantitative estimate of drug-likeness (QED) is 0.884. The van der Waals surface area contributed by atoms with Crippen LogP contribution in [-0.4, -0.2) is 53.4 Å². The number of anilines is 1. The third kappa shape index (κ3) is 5.58. The second-order valence-corrected chi connectivity index (χ2v) is 6.09. The van der Waals surface area contributed by atoms with Gasteiger partial charge < -0.3 is 15.0 Å². The molecule has 6 nitrogen and oxygen atoms in total. The molecule has 9 heteroatoms. The summed E-state index contributed by atoms with van der Waals surface area (Å²) in [5, 5.41) is 2.50. The van der Waals surface area contributed by atoms with Crippen molar-refractivity contribution in [3.8, 4) is 5.75 Å². The molecule has 0 spiro atoms. The number of nitrogens with one attached hydrogen (secondary N) is 1. The first-order valence-corrected chi connectivity index (χ1v) is 8.43. The van der Waals surface area contributed by atoms with Gasteiger partial charge in [-0.2, -0.15) is 0 Å². The van der Waals surface area contributed by atoms with Crippen LogP contribution in [0.4, 0.5) is 23.7 Å². The molecule has 2 heterocycles. The van der Waals surface area contributed by atoms with Gasteiger partial charge >= 0.3 is 12.4 Å². The number of urea groups is 1. The molecule has 0 radical (unpaired) electrons. The van der Waals surface area contributed by atoms with Gasteiger partial charge in [0.1, 0.15) is 0 Å². The van der Waals surface area contributed by atoms with Gasteiger partial charge in [0.25, 0.3) is 0 Å². The number of carbonyl (C=O) groups is 1. The number of halogens is 3. The Kier molecular flexibility index (Phi) is 5.80. The van der Waals surface area contributed by atoms with Crippen LogP contribution in [0.25, 0.3) is 0 Å². The lowest BCUT2D eigenvalue weighted by Gasteiger charge is -2.34. The molecule has 1 aromatic carbocycles. The van der Waals surface area contributed by atoms with E-state index in [0.717, 1.165) is 18.2 Å². The summed E-state index contributed by atoms with van der Waals surface area (Å²) in [7, 11) is 0. The lowest BCUT2D eigenvalue weighted by atomic mass is 10.2. The molecule has 0 unspecified atom stereocenters. The monoisotopic (exact) mass is 380 g/mol. The molecule has 2 amide bonds. The summed E-state index contributed by atoms with van der Waals surface area (Å²) < 4.78 is 41.4. The van der Waals surface area contributed by atoms with E-state index in [1.54, 1.807) is 17.3 Å². The molecule has 2 aromatic rings. The minimum Gasteiger partial charge on any atom is -0.404 e. The summed E-state index contributed by atoms with van der Waals surface area (Å²) in [6.45, 7) is 3.09. The third-order valence-electron chi connectivity index (χ3n) is 4.17. The first kappa shape index (κ1) is 19.0. The fraction of sp³-hybridized carbons (Fsp3) is 0.333. The van der Waals surface area contributed by atoms with E-state index in [2.05, 4.69) is 19.9 Å². The summed E-state index contributed by atoms with van der Waals surface area (Å²) >= 11 is 0. The number of carbonyl (C=O) groups excluding carboxylic acids is 1. The molecule has 1 N–H and O–H groups in total. The molecular weight excluding hydrogens is 361 g/mol. The fourth-order valence-electron chi connectivity index (χ4n) is 2.83. The number of alkyl halides is 3. The molecule has 144 valence electrons. The number of rotatable bonds is 4. The maximum Gasteiger partial charge on any atom is 0.573 e. The Hall–Kier alpha value is -2.81. The van der Waals surface area contributed by atoms with E-state index in [-0.39, 0.29) is 5.69 Å². The van der Waals surface area contributed by atoms with Crippen molar-refractivity contribution in [1.29, 1.82) is 0 Å². The summed E-state index contributed by atoms with van der Waals surface area (Å²) in [6, 6.07) is 8.92. The highest BCUT2D eigenvalue weighted by Crippen LogP contribution is 2.30. The molecule has 1 saturated heterocycles. The van der Waals surface area contributed by atoms with E-state index >= 15 is 0 Å². The Morgan fingerprint density at radius 2 is 1.74 bits per heavy atom. The molecule has 0 saturated carbocycles. The smallest absolute Gasteiger partial charge is 0.404 e. The largest absolute Gasteiger partial charge is 0.573 e. The maximum atomic E-state index is 12.5. The van der Waals surface area contributed by atoms with Gasteiger partial charge in [-0.25, -0.2) is 4.79 Å². The van der Waals surface area contributed by atoms with E-state index in [1.165, 1.54) is 18.2 Å². The Labute approximate surface area is 154 Å². The van der Waals surface area contributed by atoms with Crippen LogP contribution in [0.5, 0.6) is 5.75 Å². The number of piperazine rings is 1. The second-order valence-electron chi connectivity index (χ2n) is 6.09. The summed E-state index contributed by atoms with van der Waals surface area (Å²) in [4.78, 5) is 20.2. The number of para-hydroxylation sites is 2. The lowest BCUT2D eigenvalue weighted by Crippen LogP contribution is -2.49. The lowest BCUT2D eigenvalue weighted by molar-refractivity contribution is -0.274. The van der Waals surface area contributed by atoms with E-state index in [9.17, 15) is 18.0 Å². The van der Waals surface area contributed by atoms with Gasteiger partial charge in [0, 0.05) is 45.1 Å². The number of ether oxygens (including phenoxy) is 1. The van der Waals surface area contributed by atoms with Crippen LogP contribution in [0.3, 0.4) is 0 Å². The van der Waals surface area contributed by atoms with E-state index in [1.807, 2.05) is 12.1 Å².